The molecule has 0 aliphatic rings. The van der Waals surface area contributed by atoms with Gasteiger partial charge in [0.25, 0.3) is 0 Å². The Morgan fingerprint density at radius 2 is 0.500 bits per heavy atom. The third kappa shape index (κ3) is 66.4. The molecule has 6 nitrogen and oxygen atoms in total. The van der Waals surface area contributed by atoms with Crippen LogP contribution < -0.4 is 0 Å². The minimum absolute atomic E-state index is 0.0879. The summed E-state index contributed by atoms with van der Waals surface area (Å²) in [5, 5.41) is 0. The molecule has 0 heterocycles. The lowest BCUT2D eigenvalue weighted by molar-refractivity contribution is -0.167. The highest BCUT2D eigenvalue weighted by atomic mass is 16.6. The molecule has 0 spiro atoms. The second-order valence-electron chi connectivity index (χ2n) is 22.3. The molecular formula is C76H126O6. The van der Waals surface area contributed by atoms with Gasteiger partial charge in [0.05, 0.1) is 0 Å². The molecule has 0 amide bonds. The van der Waals surface area contributed by atoms with Crippen LogP contribution in [-0.4, -0.2) is 37.2 Å². The van der Waals surface area contributed by atoms with Crippen molar-refractivity contribution < 1.29 is 28.6 Å². The van der Waals surface area contributed by atoms with E-state index < -0.39 is 6.10 Å². The fourth-order valence-electron chi connectivity index (χ4n) is 9.26. The number of carbonyl (C=O) groups is 3. The number of hydrogen-bond acceptors (Lipinski definition) is 6. The van der Waals surface area contributed by atoms with Gasteiger partial charge in [-0.2, -0.15) is 0 Å². The zero-order chi connectivity index (χ0) is 59.2. The second kappa shape index (κ2) is 69.0. The van der Waals surface area contributed by atoms with Crippen molar-refractivity contribution in [3.8, 4) is 0 Å². The molecular weight excluding hydrogens is 1010 g/mol. The average molecular weight is 1140 g/mol. The summed E-state index contributed by atoms with van der Waals surface area (Å²) in [4.78, 5) is 38.3. The Kier molecular flexibility index (Phi) is 65.3. The van der Waals surface area contributed by atoms with Crippen molar-refractivity contribution in [3.05, 3.63) is 134 Å². The predicted octanol–water partition coefficient (Wildman–Crippen LogP) is 23.7. The van der Waals surface area contributed by atoms with Crippen molar-refractivity contribution in [3.63, 3.8) is 0 Å². The van der Waals surface area contributed by atoms with Crippen LogP contribution in [0, 0.1) is 0 Å². The number of carbonyl (C=O) groups excluding carboxylic acids is 3. The third-order valence-electron chi connectivity index (χ3n) is 14.3. The van der Waals surface area contributed by atoms with Gasteiger partial charge in [-0.25, -0.2) is 0 Å². The van der Waals surface area contributed by atoms with E-state index in [9.17, 15) is 14.4 Å². The van der Waals surface area contributed by atoms with Crippen LogP contribution in [0.5, 0.6) is 0 Å². The van der Waals surface area contributed by atoms with Gasteiger partial charge < -0.3 is 14.2 Å². The summed E-state index contributed by atoms with van der Waals surface area (Å²) in [6.45, 7) is 6.46. The summed E-state index contributed by atoms with van der Waals surface area (Å²) in [7, 11) is 0. The molecule has 0 saturated heterocycles. The maximum Gasteiger partial charge on any atom is 0.306 e. The molecule has 0 bridgehead atoms. The summed E-state index contributed by atoms with van der Waals surface area (Å²) < 4.78 is 16.9. The van der Waals surface area contributed by atoms with Crippen molar-refractivity contribution in [1.82, 2.24) is 0 Å². The molecule has 0 aromatic carbocycles. The Balaban J connectivity index is 4.23. The van der Waals surface area contributed by atoms with Crippen molar-refractivity contribution >= 4 is 17.9 Å². The van der Waals surface area contributed by atoms with Gasteiger partial charge in [-0.3, -0.25) is 14.4 Å². The molecule has 0 aromatic rings. The maximum absolute atomic E-state index is 12.9. The number of esters is 3. The second-order valence-corrected chi connectivity index (χ2v) is 22.3. The number of rotatable bonds is 61. The zero-order valence-corrected chi connectivity index (χ0v) is 53.5. The van der Waals surface area contributed by atoms with Crippen molar-refractivity contribution in [2.24, 2.45) is 0 Å². The number of unbranched alkanes of at least 4 members (excludes halogenated alkanes) is 28. The monoisotopic (exact) mass is 1130 g/mol. The van der Waals surface area contributed by atoms with Gasteiger partial charge in [0.2, 0.25) is 0 Å². The van der Waals surface area contributed by atoms with E-state index >= 15 is 0 Å². The van der Waals surface area contributed by atoms with Crippen molar-refractivity contribution in [1.29, 1.82) is 0 Å². The highest BCUT2D eigenvalue weighted by Crippen LogP contribution is 2.16. The van der Waals surface area contributed by atoms with Gasteiger partial charge in [-0.15, -0.1) is 0 Å². The molecule has 1 unspecified atom stereocenters. The smallest absolute Gasteiger partial charge is 0.306 e. The minimum atomic E-state index is -0.790. The van der Waals surface area contributed by atoms with Crippen LogP contribution in [0.25, 0.3) is 0 Å². The maximum atomic E-state index is 12.9. The Hall–Kier alpha value is -4.45. The van der Waals surface area contributed by atoms with E-state index in [0.29, 0.717) is 19.3 Å². The van der Waals surface area contributed by atoms with E-state index in [-0.39, 0.29) is 31.1 Å². The Labute approximate surface area is 506 Å². The molecule has 0 N–H and O–H groups in total. The van der Waals surface area contributed by atoms with E-state index in [1.165, 1.54) is 128 Å². The molecule has 0 aliphatic carbocycles. The predicted molar refractivity (Wildman–Crippen MR) is 357 cm³/mol. The van der Waals surface area contributed by atoms with E-state index in [1.54, 1.807) is 0 Å². The van der Waals surface area contributed by atoms with Gasteiger partial charge >= 0.3 is 17.9 Å². The summed E-state index contributed by atoms with van der Waals surface area (Å²) >= 11 is 0. The Morgan fingerprint density at radius 1 is 0.256 bits per heavy atom. The molecule has 0 aromatic heterocycles. The summed E-state index contributed by atoms with van der Waals surface area (Å²) in [6.07, 6.45) is 97.6. The van der Waals surface area contributed by atoms with E-state index in [4.69, 9.17) is 14.2 Å². The number of allylic oxidation sites excluding steroid dienone is 22. The van der Waals surface area contributed by atoms with E-state index in [2.05, 4.69) is 154 Å². The van der Waals surface area contributed by atoms with Crippen molar-refractivity contribution in [2.75, 3.05) is 13.2 Å². The van der Waals surface area contributed by atoms with Gasteiger partial charge in [-0.05, 0) is 135 Å². The normalized spacial score (nSPS) is 13.0. The number of ether oxygens (including phenoxy) is 3. The molecule has 0 fully saturated rings. The summed E-state index contributed by atoms with van der Waals surface area (Å²) in [5.74, 6) is -0.907. The average Bonchev–Trinajstić information content (AvgIpc) is 3.48. The molecule has 0 aliphatic heterocycles. The molecule has 0 rings (SSSR count). The molecule has 0 radical (unpaired) electrons. The molecule has 466 valence electrons. The zero-order valence-electron chi connectivity index (χ0n) is 53.5. The first kappa shape index (κ1) is 77.5. The lowest BCUT2D eigenvalue weighted by atomic mass is 10.1. The van der Waals surface area contributed by atoms with Crippen LogP contribution in [0.3, 0.4) is 0 Å². The Morgan fingerprint density at radius 3 is 0.805 bits per heavy atom. The molecule has 1 atom stereocenters. The first-order chi connectivity index (χ1) is 40.5. The van der Waals surface area contributed by atoms with Gasteiger partial charge in [0.15, 0.2) is 6.10 Å². The van der Waals surface area contributed by atoms with Crippen LogP contribution in [0.4, 0.5) is 0 Å². The topological polar surface area (TPSA) is 78.9 Å². The van der Waals surface area contributed by atoms with Gasteiger partial charge in [0, 0.05) is 19.3 Å². The minimum Gasteiger partial charge on any atom is -0.462 e. The quantitative estimate of drug-likeness (QED) is 0.0261. The lowest BCUT2D eigenvalue weighted by Gasteiger charge is -2.18. The largest absolute Gasteiger partial charge is 0.462 e. The molecule has 6 heteroatoms. The van der Waals surface area contributed by atoms with E-state index in [1.807, 2.05) is 0 Å². The van der Waals surface area contributed by atoms with Crippen LogP contribution in [0.2, 0.25) is 0 Å². The van der Waals surface area contributed by atoms with Crippen LogP contribution >= 0.6 is 0 Å². The fraction of sp³-hybridized carbons (Fsp3) is 0.671. The first-order valence-corrected chi connectivity index (χ1v) is 34.2. The summed E-state index contributed by atoms with van der Waals surface area (Å²) in [6, 6.07) is 0. The highest BCUT2D eigenvalue weighted by Gasteiger charge is 2.19. The van der Waals surface area contributed by atoms with Gasteiger partial charge in [-0.1, -0.05) is 289 Å². The third-order valence-corrected chi connectivity index (χ3v) is 14.3. The van der Waals surface area contributed by atoms with Crippen LogP contribution in [0.15, 0.2) is 134 Å². The van der Waals surface area contributed by atoms with Crippen molar-refractivity contribution in [2.45, 2.75) is 316 Å². The number of hydrogen-bond donors (Lipinski definition) is 0. The fourth-order valence-corrected chi connectivity index (χ4v) is 9.26. The van der Waals surface area contributed by atoms with E-state index in [0.717, 1.165) is 141 Å². The van der Waals surface area contributed by atoms with Crippen LogP contribution in [0.1, 0.15) is 310 Å². The summed E-state index contributed by atoms with van der Waals surface area (Å²) in [5.41, 5.74) is 0. The first-order valence-electron chi connectivity index (χ1n) is 34.2. The SMILES string of the molecule is CC/C=C\C/C=C\C/C=C\C/C=C\C/C=C\C/C=C\C/C=C\C/C=C\C/C=C\CCCCCCCCCC(=O)OCC(COC(=O)CCCCCCC/C=C\CCC)OC(=O)CCCCCCCCCCC/C=C\CCCCCCCC. The lowest BCUT2D eigenvalue weighted by Crippen LogP contribution is -2.30. The van der Waals surface area contributed by atoms with Crippen LogP contribution in [-0.2, 0) is 28.6 Å². The standard InChI is InChI=1S/C76H126O6/c1-4-7-10-13-16-19-22-24-26-28-30-31-32-33-34-35-36-37-38-39-40-41-42-43-44-45-47-48-50-52-54-57-60-63-66-69-75(78)81-72-73(71-80-74(77)68-65-62-59-56-21-18-15-12-9-6-3)82-76(79)70-67-64-61-58-55-53-51-49-46-29-27-25-23-20-17-14-11-8-5-2/h7,10,12,15-16,19,24-27,30-31,33-34,36-37,39-40,42-43,45,47,73H,4-6,8-9,11,13-14,17-18,20-23,28-29,32,35,38,41,44,46,48-72H2,1-3H3/b10-7-,15-12-,19-16-,26-24-,27-25-,31-30-,34-33-,37-36-,40-39-,43-42-,47-45-. The Bertz CT molecular complexity index is 1730. The van der Waals surface area contributed by atoms with Gasteiger partial charge in [0.1, 0.15) is 13.2 Å². The highest BCUT2D eigenvalue weighted by molar-refractivity contribution is 5.71. The molecule has 82 heavy (non-hydrogen) atoms. The molecule has 0 saturated carbocycles.